The molecule has 0 fully saturated rings. The second-order valence-electron chi connectivity index (χ2n) is 5.52. The van der Waals surface area contributed by atoms with E-state index in [0.717, 1.165) is 41.1 Å². The van der Waals surface area contributed by atoms with Gasteiger partial charge in [0, 0.05) is 41.1 Å². The Balaban J connectivity index is 1.99. The van der Waals surface area contributed by atoms with Crippen molar-refractivity contribution in [2.45, 2.75) is 13.8 Å². The SMILES string of the molecule is CCN(CC)c1cc(Nc2ccnc3cc(Cl)ccc23)ccc1O. The average molecular weight is 342 g/mol. The normalized spacial score (nSPS) is 10.8. The van der Waals surface area contributed by atoms with E-state index in [-0.39, 0.29) is 5.75 Å². The van der Waals surface area contributed by atoms with Crippen molar-refractivity contribution in [3.05, 3.63) is 53.7 Å². The Labute approximate surface area is 146 Å². The first-order valence-corrected chi connectivity index (χ1v) is 8.39. The highest BCUT2D eigenvalue weighted by atomic mass is 35.5. The lowest BCUT2D eigenvalue weighted by Crippen LogP contribution is -2.21. The lowest BCUT2D eigenvalue weighted by atomic mass is 10.1. The Hall–Kier alpha value is -2.46. The van der Waals surface area contributed by atoms with E-state index < -0.39 is 0 Å². The van der Waals surface area contributed by atoms with Gasteiger partial charge >= 0.3 is 0 Å². The molecule has 24 heavy (non-hydrogen) atoms. The number of aromatic nitrogens is 1. The topological polar surface area (TPSA) is 48.4 Å². The fraction of sp³-hybridized carbons (Fsp3) is 0.211. The molecule has 0 aliphatic rings. The smallest absolute Gasteiger partial charge is 0.139 e. The number of hydrogen-bond donors (Lipinski definition) is 2. The van der Waals surface area contributed by atoms with E-state index in [1.807, 2.05) is 36.4 Å². The van der Waals surface area contributed by atoms with Gasteiger partial charge in [0.1, 0.15) is 5.75 Å². The van der Waals surface area contributed by atoms with Crippen molar-refractivity contribution < 1.29 is 5.11 Å². The van der Waals surface area contributed by atoms with Gasteiger partial charge in [-0.05, 0) is 56.3 Å². The lowest BCUT2D eigenvalue weighted by Gasteiger charge is -2.23. The van der Waals surface area contributed by atoms with E-state index in [1.54, 1.807) is 12.3 Å². The van der Waals surface area contributed by atoms with Crippen LogP contribution in [0.25, 0.3) is 10.9 Å². The first-order valence-electron chi connectivity index (χ1n) is 8.01. The summed E-state index contributed by atoms with van der Waals surface area (Å²) in [6.45, 7) is 5.82. The van der Waals surface area contributed by atoms with Gasteiger partial charge in [-0.3, -0.25) is 4.98 Å². The van der Waals surface area contributed by atoms with Gasteiger partial charge < -0.3 is 15.3 Å². The monoisotopic (exact) mass is 341 g/mol. The number of anilines is 3. The van der Waals surface area contributed by atoms with Crippen LogP contribution in [0.2, 0.25) is 5.02 Å². The van der Waals surface area contributed by atoms with Crippen LogP contribution in [-0.4, -0.2) is 23.2 Å². The van der Waals surface area contributed by atoms with Gasteiger partial charge in [0.15, 0.2) is 0 Å². The zero-order valence-corrected chi connectivity index (χ0v) is 14.5. The standard InChI is InChI=1S/C19H20ClN3O/c1-3-23(4-2)18-12-14(6-8-19(18)24)22-16-9-10-21-17-11-13(20)5-7-15(16)17/h5-12,24H,3-4H2,1-2H3,(H,21,22). The lowest BCUT2D eigenvalue weighted by molar-refractivity contribution is 0.474. The van der Waals surface area contributed by atoms with Gasteiger partial charge in [0.05, 0.1) is 11.2 Å². The van der Waals surface area contributed by atoms with Gasteiger partial charge in [0.25, 0.3) is 0 Å². The van der Waals surface area contributed by atoms with Crippen molar-refractivity contribution in [3.8, 4) is 5.75 Å². The first-order chi connectivity index (χ1) is 11.6. The molecule has 0 saturated carbocycles. The molecule has 124 valence electrons. The molecule has 0 amide bonds. The molecule has 2 N–H and O–H groups in total. The van der Waals surface area contributed by atoms with Crippen molar-refractivity contribution in [1.29, 1.82) is 0 Å². The molecule has 3 aromatic rings. The third-order valence-electron chi connectivity index (χ3n) is 4.06. The number of nitrogens with zero attached hydrogens (tertiary/aromatic N) is 2. The summed E-state index contributed by atoms with van der Waals surface area (Å²) < 4.78 is 0. The van der Waals surface area contributed by atoms with Gasteiger partial charge in [-0.15, -0.1) is 0 Å². The minimum atomic E-state index is 0.288. The average Bonchev–Trinajstić information content (AvgIpc) is 2.58. The molecular weight excluding hydrogens is 322 g/mol. The molecule has 4 nitrogen and oxygen atoms in total. The van der Waals surface area contributed by atoms with Gasteiger partial charge in [-0.2, -0.15) is 0 Å². The van der Waals surface area contributed by atoms with Crippen LogP contribution in [0.15, 0.2) is 48.7 Å². The number of nitrogens with one attached hydrogen (secondary N) is 1. The number of phenolic OH excluding ortho intramolecular Hbond substituents is 1. The van der Waals surface area contributed by atoms with E-state index in [1.165, 1.54) is 0 Å². The number of aromatic hydroxyl groups is 1. The molecule has 0 unspecified atom stereocenters. The summed E-state index contributed by atoms with van der Waals surface area (Å²) in [5.74, 6) is 0.288. The quantitative estimate of drug-likeness (QED) is 0.627. The second kappa shape index (κ2) is 6.97. The summed E-state index contributed by atoms with van der Waals surface area (Å²) in [5, 5.41) is 15.2. The summed E-state index contributed by atoms with van der Waals surface area (Å²) in [5.41, 5.74) is 3.53. The maximum atomic E-state index is 10.1. The fourth-order valence-electron chi connectivity index (χ4n) is 2.80. The summed E-state index contributed by atoms with van der Waals surface area (Å²) in [6, 6.07) is 13.1. The van der Waals surface area contributed by atoms with Crippen LogP contribution in [0.1, 0.15) is 13.8 Å². The highest BCUT2D eigenvalue weighted by Gasteiger charge is 2.10. The maximum absolute atomic E-state index is 10.1. The Morgan fingerprint density at radius 2 is 1.88 bits per heavy atom. The predicted molar refractivity (Wildman–Crippen MR) is 102 cm³/mol. The van der Waals surface area contributed by atoms with Crippen molar-refractivity contribution in [2.24, 2.45) is 0 Å². The summed E-state index contributed by atoms with van der Waals surface area (Å²) in [7, 11) is 0. The van der Waals surface area contributed by atoms with E-state index in [2.05, 4.69) is 29.0 Å². The first kappa shape index (κ1) is 16.4. The van der Waals surface area contributed by atoms with Crippen molar-refractivity contribution in [3.63, 3.8) is 0 Å². The molecule has 2 aromatic carbocycles. The van der Waals surface area contributed by atoms with Gasteiger partial charge in [-0.1, -0.05) is 11.6 Å². The minimum absolute atomic E-state index is 0.288. The number of hydrogen-bond acceptors (Lipinski definition) is 4. The number of halogens is 1. The van der Waals surface area contributed by atoms with E-state index in [0.29, 0.717) is 5.02 Å². The molecular formula is C19H20ClN3O. The summed E-state index contributed by atoms with van der Waals surface area (Å²) in [6.07, 6.45) is 1.76. The van der Waals surface area contributed by atoms with E-state index in [9.17, 15) is 5.11 Å². The fourth-order valence-corrected chi connectivity index (χ4v) is 2.97. The molecule has 0 atom stereocenters. The van der Waals surface area contributed by atoms with Crippen LogP contribution in [0.4, 0.5) is 17.1 Å². The van der Waals surface area contributed by atoms with Crippen molar-refractivity contribution in [2.75, 3.05) is 23.3 Å². The molecule has 0 radical (unpaired) electrons. The number of phenols is 1. The Morgan fingerprint density at radius 3 is 2.62 bits per heavy atom. The summed E-state index contributed by atoms with van der Waals surface area (Å²) in [4.78, 5) is 6.47. The van der Waals surface area contributed by atoms with Crippen molar-refractivity contribution >= 4 is 39.6 Å². The molecule has 5 heteroatoms. The number of benzene rings is 2. The number of pyridine rings is 1. The Morgan fingerprint density at radius 1 is 1.08 bits per heavy atom. The maximum Gasteiger partial charge on any atom is 0.139 e. The van der Waals surface area contributed by atoms with Gasteiger partial charge in [0.2, 0.25) is 0 Å². The molecule has 1 aromatic heterocycles. The Kier molecular flexibility index (Phi) is 4.76. The van der Waals surface area contributed by atoms with Crippen LogP contribution in [0.3, 0.4) is 0 Å². The molecule has 0 bridgehead atoms. The number of fused-ring (bicyclic) bond motifs is 1. The molecule has 0 aliphatic heterocycles. The molecule has 3 rings (SSSR count). The van der Waals surface area contributed by atoms with Crippen LogP contribution in [0.5, 0.6) is 5.75 Å². The van der Waals surface area contributed by atoms with Crippen LogP contribution in [0, 0.1) is 0 Å². The molecule has 0 aliphatic carbocycles. The molecule has 0 saturated heterocycles. The number of rotatable bonds is 5. The third kappa shape index (κ3) is 3.24. The largest absolute Gasteiger partial charge is 0.506 e. The van der Waals surface area contributed by atoms with Gasteiger partial charge in [-0.25, -0.2) is 0 Å². The molecule has 0 spiro atoms. The van der Waals surface area contributed by atoms with E-state index in [4.69, 9.17) is 11.6 Å². The van der Waals surface area contributed by atoms with Crippen LogP contribution >= 0.6 is 11.6 Å². The predicted octanol–water partition coefficient (Wildman–Crippen LogP) is 5.18. The van der Waals surface area contributed by atoms with E-state index >= 15 is 0 Å². The highest BCUT2D eigenvalue weighted by molar-refractivity contribution is 6.31. The third-order valence-corrected chi connectivity index (χ3v) is 4.30. The van der Waals surface area contributed by atoms with Crippen molar-refractivity contribution in [1.82, 2.24) is 4.98 Å². The van der Waals surface area contributed by atoms with Crippen LogP contribution in [-0.2, 0) is 0 Å². The second-order valence-corrected chi connectivity index (χ2v) is 5.96. The highest BCUT2D eigenvalue weighted by Crippen LogP contribution is 2.33. The Bertz CT molecular complexity index is 862. The summed E-state index contributed by atoms with van der Waals surface area (Å²) >= 11 is 6.04. The zero-order valence-electron chi connectivity index (χ0n) is 13.8. The minimum Gasteiger partial charge on any atom is -0.506 e. The molecule has 1 heterocycles. The zero-order chi connectivity index (χ0) is 17.1. The van der Waals surface area contributed by atoms with Crippen LogP contribution < -0.4 is 10.2 Å².